The number of hydrogen-bond donors (Lipinski definition) is 1. The minimum absolute atomic E-state index is 0.0916. The molecule has 0 unspecified atom stereocenters. The normalized spacial score (nSPS) is 27.5. The fourth-order valence-electron chi connectivity index (χ4n) is 4.17. The highest BCUT2D eigenvalue weighted by Gasteiger charge is 2.46. The molecule has 0 saturated carbocycles. The number of amides is 1. The number of rotatable bonds is 3. The molecule has 1 aliphatic carbocycles. The molecule has 136 valence electrons. The first-order valence-electron chi connectivity index (χ1n) is 9.03. The molecule has 1 fully saturated rings. The van der Waals surface area contributed by atoms with E-state index >= 15 is 0 Å². The summed E-state index contributed by atoms with van der Waals surface area (Å²) in [6, 6.07) is 3.56. The van der Waals surface area contributed by atoms with Gasteiger partial charge in [-0.25, -0.2) is 4.98 Å². The van der Waals surface area contributed by atoms with Crippen LogP contribution in [-0.4, -0.2) is 51.7 Å². The molecule has 0 bridgehead atoms. The van der Waals surface area contributed by atoms with E-state index in [1.54, 1.807) is 17.2 Å². The second-order valence-corrected chi connectivity index (χ2v) is 7.06. The molecule has 1 N–H and O–H groups in total. The van der Waals surface area contributed by atoms with Crippen molar-refractivity contribution in [3.8, 4) is 0 Å². The van der Waals surface area contributed by atoms with Gasteiger partial charge in [0, 0.05) is 18.5 Å². The zero-order valence-corrected chi connectivity index (χ0v) is 14.9. The number of allylic oxidation sites excluding steroid dienone is 1. The van der Waals surface area contributed by atoms with Crippen molar-refractivity contribution in [1.29, 1.82) is 0 Å². The van der Waals surface area contributed by atoms with E-state index < -0.39 is 0 Å². The van der Waals surface area contributed by atoms with Gasteiger partial charge in [-0.05, 0) is 36.8 Å². The number of pyridine rings is 1. The Morgan fingerprint density at radius 3 is 2.96 bits per heavy atom. The average molecular weight is 354 g/mol. The summed E-state index contributed by atoms with van der Waals surface area (Å²) in [5, 5.41) is 7.60. The van der Waals surface area contributed by atoms with Gasteiger partial charge in [-0.1, -0.05) is 19.1 Å². The molecular formula is C19H22N4O3. The molecule has 1 saturated heterocycles. The van der Waals surface area contributed by atoms with E-state index in [1.165, 1.54) is 0 Å². The number of carbonyl (C=O) groups is 2. The first-order valence-corrected chi connectivity index (χ1v) is 9.03. The summed E-state index contributed by atoms with van der Waals surface area (Å²) in [4.78, 5) is 31.5. The number of aromatic nitrogens is 3. The molecular weight excluding hydrogens is 332 g/mol. The van der Waals surface area contributed by atoms with Gasteiger partial charge in [0.05, 0.1) is 18.7 Å². The quantitative estimate of drug-likeness (QED) is 0.673. The van der Waals surface area contributed by atoms with E-state index in [1.807, 2.05) is 19.9 Å². The third-order valence-corrected chi connectivity index (χ3v) is 5.47. The molecule has 2 aliphatic rings. The highest BCUT2D eigenvalue weighted by molar-refractivity contribution is 5.94. The molecule has 7 heteroatoms. The number of fused-ring (bicyclic) bond motifs is 2. The van der Waals surface area contributed by atoms with E-state index in [2.05, 4.69) is 27.3 Å². The van der Waals surface area contributed by atoms with Crippen LogP contribution in [-0.2, 0) is 9.53 Å². The number of ether oxygens (including phenoxy) is 1. The molecule has 1 amide bonds. The third-order valence-electron chi connectivity index (χ3n) is 5.47. The zero-order valence-electron chi connectivity index (χ0n) is 14.9. The molecule has 1 aliphatic heterocycles. The van der Waals surface area contributed by atoms with Gasteiger partial charge in [0.1, 0.15) is 5.69 Å². The molecule has 7 nitrogen and oxygen atoms in total. The molecule has 0 radical (unpaired) electrons. The minimum atomic E-state index is -0.203. The number of esters is 1. The summed E-state index contributed by atoms with van der Waals surface area (Å²) in [5.41, 5.74) is 0.996. The number of nitrogens with one attached hydrogen (secondary N) is 1. The molecule has 0 spiro atoms. The van der Waals surface area contributed by atoms with Gasteiger partial charge < -0.3 is 9.64 Å². The highest BCUT2D eigenvalue weighted by atomic mass is 16.5. The smallest absolute Gasteiger partial charge is 0.309 e. The van der Waals surface area contributed by atoms with Gasteiger partial charge in [-0.3, -0.25) is 14.7 Å². The maximum absolute atomic E-state index is 12.9. The van der Waals surface area contributed by atoms with Crippen LogP contribution >= 0.6 is 0 Å². The molecule has 4 rings (SSSR count). The van der Waals surface area contributed by atoms with Crippen molar-refractivity contribution in [2.24, 2.45) is 23.7 Å². The van der Waals surface area contributed by atoms with E-state index in [9.17, 15) is 9.59 Å². The predicted octanol–water partition coefficient (Wildman–Crippen LogP) is 2.03. The maximum Gasteiger partial charge on any atom is 0.309 e. The van der Waals surface area contributed by atoms with Crippen LogP contribution in [0.2, 0.25) is 0 Å². The number of H-pyrrole nitrogens is 1. The van der Waals surface area contributed by atoms with Gasteiger partial charge in [-0.2, -0.15) is 5.10 Å². The number of likely N-dealkylation sites (tertiary alicyclic amines) is 1. The first-order chi connectivity index (χ1) is 12.6. The Morgan fingerprint density at radius 1 is 1.31 bits per heavy atom. The fourth-order valence-corrected chi connectivity index (χ4v) is 4.17. The van der Waals surface area contributed by atoms with Crippen LogP contribution in [0.3, 0.4) is 0 Å². The summed E-state index contributed by atoms with van der Waals surface area (Å²) in [5.74, 6) is -0.0878. The SMILES string of the molecule is CCOC(=O)[C@@H]1[C@H]2CN(C(=O)c3ccc4cn[nH]c4n3)C[C@@H]2C=C[C@@H]1C. The summed E-state index contributed by atoms with van der Waals surface area (Å²) in [6.45, 7) is 5.38. The van der Waals surface area contributed by atoms with Crippen LogP contribution in [0.5, 0.6) is 0 Å². The van der Waals surface area contributed by atoms with E-state index in [0.717, 1.165) is 5.39 Å². The molecule has 3 heterocycles. The Hall–Kier alpha value is -2.70. The molecule has 0 aromatic carbocycles. The standard InChI is InChI=1S/C19H22N4O3/c1-3-26-19(25)16-11(2)4-5-13-9-23(10-14(13)16)18(24)15-7-6-12-8-20-22-17(12)21-15/h4-8,11,13-14,16H,3,9-10H2,1-2H3,(H,20,21,22)/t11-,13-,14-,16-/m0/s1. The van der Waals surface area contributed by atoms with Crippen LogP contribution in [0.15, 0.2) is 30.5 Å². The van der Waals surface area contributed by atoms with Gasteiger partial charge >= 0.3 is 5.97 Å². The molecule has 2 aromatic rings. The van der Waals surface area contributed by atoms with Crippen LogP contribution in [0.25, 0.3) is 11.0 Å². The van der Waals surface area contributed by atoms with Crippen LogP contribution in [0.4, 0.5) is 0 Å². The van der Waals surface area contributed by atoms with E-state index in [0.29, 0.717) is 31.0 Å². The van der Waals surface area contributed by atoms with Crippen LogP contribution in [0, 0.1) is 23.7 Å². The lowest BCUT2D eigenvalue weighted by Gasteiger charge is -2.31. The number of carbonyl (C=O) groups excluding carboxylic acids is 2. The van der Waals surface area contributed by atoms with Crippen LogP contribution < -0.4 is 0 Å². The Balaban J connectivity index is 1.55. The summed E-state index contributed by atoms with van der Waals surface area (Å²) in [7, 11) is 0. The number of nitrogens with zero attached hydrogens (tertiary/aromatic N) is 3. The van der Waals surface area contributed by atoms with E-state index in [-0.39, 0.29) is 35.5 Å². The van der Waals surface area contributed by atoms with Gasteiger partial charge in [0.25, 0.3) is 5.91 Å². The molecule has 2 aromatic heterocycles. The van der Waals surface area contributed by atoms with Crippen molar-refractivity contribution < 1.29 is 14.3 Å². The first kappa shape index (κ1) is 16.8. The van der Waals surface area contributed by atoms with Crippen molar-refractivity contribution in [2.75, 3.05) is 19.7 Å². The number of hydrogen-bond acceptors (Lipinski definition) is 5. The van der Waals surface area contributed by atoms with E-state index in [4.69, 9.17) is 4.74 Å². The minimum Gasteiger partial charge on any atom is -0.466 e. The molecule has 26 heavy (non-hydrogen) atoms. The zero-order chi connectivity index (χ0) is 18.3. The molecule has 4 atom stereocenters. The Bertz CT molecular complexity index is 875. The summed E-state index contributed by atoms with van der Waals surface area (Å²) in [6.07, 6.45) is 5.90. The summed E-state index contributed by atoms with van der Waals surface area (Å²) >= 11 is 0. The Kier molecular flexibility index (Phi) is 4.22. The van der Waals surface area contributed by atoms with Crippen molar-refractivity contribution in [2.45, 2.75) is 13.8 Å². The van der Waals surface area contributed by atoms with Crippen molar-refractivity contribution in [3.05, 3.63) is 36.2 Å². The predicted molar refractivity (Wildman–Crippen MR) is 95.2 cm³/mol. The topological polar surface area (TPSA) is 88.2 Å². The maximum atomic E-state index is 12.9. The fraction of sp³-hybridized carbons (Fsp3) is 0.474. The van der Waals surface area contributed by atoms with Crippen LogP contribution in [0.1, 0.15) is 24.3 Å². The Morgan fingerprint density at radius 2 is 2.15 bits per heavy atom. The highest BCUT2D eigenvalue weighted by Crippen LogP contribution is 2.40. The lowest BCUT2D eigenvalue weighted by molar-refractivity contribution is -0.152. The van der Waals surface area contributed by atoms with Crippen molar-refractivity contribution >= 4 is 22.9 Å². The van der Waals surface area contributed by atoms with Crippen molar-refractivity contribution in [1.82, 2.24) is 20.1 Å². The van der Waals surface area contributed by atoms with Crippen molar-refractivity contribution in [3.63, 3.8) is 0 Å². The van der Waals surface area contributed by atoms with Gasteiger partial charge in [0.2, 0.25) is 0 Å². The Labute approximate surface area is 151 Å². The van der Waals surface area contributed by atoms with Gasteiger partial charge in [0.15, 0.2) is 5.65 Å². The third kappa shape index (κ3) is 2.77. The second kappa shape index (κ2) is 6.55. The second-order valence-electron chi connectivity index (χ2n) is 7.06. The largest absolute Gasteiger partial charge is 0.466 e. The number of aromatic amines is 1. The monoisotopic (exact) mass is 354 g/mol. The van der Waals surface area contributed by atoms with Gasteiger partial charge in [-0.15, -0.1) is 0 Å². The lowest BCUT2D eigenvalue weighted by atomic mass is 9.72. The summed E-state index contributed by atoms with van der Waals surface area (Å²) < 4.78 is 5.28. The average Bonchev–Trinajstić information content (AvgIpc) is 3.26. The lowest BCUT2D eigenvalue weighted by Crippen LogP contribution is -2.37.